The maximum atomic E-state index is 14.5. The largest absolute Gasteiger partial charge is 0.480 e. The number of benzene rings is 3. The van der Waals surface area contributed by atoms with Crippen LogP contribution in [0, 0.1) is 5.92 Å². The normalized spacial score (nSPS) is 18.8. The average Bonchev–Trinajstić information content (AvgIpc) is 3.41. The summed E-state index contributed by atoms with van der Waals surface area (Å²) in [7, 11) is -3.81. The lowest BCUT2D eigenvalue weighted by molar-refractivity contribution is -0.147. The van der Waals surface area contributed by atoms with E-state index in [-0.39, 0.29) is 25.5 Å². The summed E-state index contributed by atoms with van der Waals surface area (Å²) >= 11 is 0. The molecule has 2 unspecified atom stereocenters. The second-order valence-electron chi connectivity index (χ2n) is 10.4. The number of carboxylic acids is 1. The number of carbonyl (C=O) groups excluding carboxylic acids is 2. The Morgan fingerprint density at radius 2 is 1.54 bits per heavy atom. The van der Waals surface area contributed by atoms with Gasteiger partial charge in [-0.2, -0.15) is 0 Å². The summed E-state index contributed by atoms with van der Waals surface area (Å²) in [5.74, 6) is -3.02. The predicted molar refractivity (Wildman–Crippen MR) is 158 cm³/mol. The van der Waals surface area contributed by atoms with Gasteiger partial charge in [0, 0.05) is 12.1 Å². The van der Waals surface area contributed by atoms with Gasteiger partial charge in [0.25, 0.3) is 5.91 Å². The molecule has 3 aromatic rings. The van der Waals surface area contributed by atoms with Gasteiger partial charge < -0.3 is 19.8 Å². The summed E-state index contributed by atoms with van der Waals surface area (Å²) in [5.41, 5.74) is 2.47. The van der Waals surface area contributed by atoms with Crippen LogP contribution in [0.3, 0.4) is 0 Å². The number of carbonyl (C=O) groups is 3. The van der Waals surface area contributed by atoms with Crippen LogP contribution in [-0.2, 0) is 31.5 Å². The van der Waals surface area contributed by atoms with E-state index in [1.54, 1.807) is 37.3 Å². The van der Waals surface area contributed by atoms with Crippen molar-refractivity contribution in [1.82, 2.24) is 10.2 Å². The van der Waals surface area contributed by atoms with Gasteiger partial charge in [0.2, 0.25) is 13.3 Å². The SMILES string of the molecule is CCOP(=O)(CC(=O)N1CC(Cc2ccccc2)C[C@H]1C(=O)O)[C@@H](CCc1ccccc1)NC(=O)c1ccccc1. The van der Waals surface area contributed by atoms with E-state index in [1.807, 2.05) is 60.7 Å². The van der Waals surface area contributed by atoms with Crippen molar-refractivity contribution >= 4 is 25.2 Å². The van der Waals surface area contributed by atoms with Crippen molar-refractivity contribution in [2.75, 3.05) is 19.3 Å². The van der Waals surface area contributed by atoms with E-state index in [1.165, 1.54) is 4.90 Å². The molecule has 3 aromatic carbocycles. The van der Waals surface area contributed by atoms with Crippen molar-refractivity contribution in [1.29, 1.82) is 0 Å². The van der Waals surface area contributed by atoms with Crippen molar-refractivity contribution in [2.24, 2.45) is 5.92 Å². The quantitative estimate of drug-likeness (QED) is 0.269. The molecule has 1 saturated heterocycles. The summed E-state index contributed by atoms with van der Waals surface area (Å²) in [4.78, 5) is 40.3. The molecule has 2 N–H and O–H groups in total. The van der Waals surface area contributed by atoms with Gasteiger partial charge in [0.05, 0.1) is 6.61 Å². The number of aliphatic carboxylic acids is 1. The topological polar surface area (TPSA) is 113 Å². The molecule has 0 aromatic heterocycles. The lowest BCUT2D eigenvalue weighted by Crippen LogP contribution is -2.44. The molecule has 1 aliphatic rings. The molecule has 0 spiro atoms. The van der Waals surface area contributed by atoms with Crippen LogP contribution >= 0.6 is 7.37 Å². The van der Waals surface area contributed by atoms with Crippen molar-refractivity contribution < 1.29 is 28.6 Å². The number of amides is 2. The van der Waals surface area contributed by atoms with E-state index in [2.05, 4.69) is 5.32 Å². The molecule has 4 atom stereocenters. The zero-order chi connectivity index (χ0) is 29.2. The molecule has 4 rings (SSSR count). The van der Waals surface area contributed by atoms with Gasteiger partial charge in [0.1, 0.15) is 18.0 Å². The van der Waals surface area contributed by atoms with Crippen LogP contribution in [0.5, 0.6) is 0 Å². The Labute approximate surface area is 241 Å². The molecule has 216 valence electrons. The Kier molecular flexibility index (Phi) is 10.5. The second kappa shape index (κ2) is 14.2. The molecular formula is C32H37N2O6P. The highest BCUT2D eigenvalue weighted by Gasteiger charge is 2.44. The second-order valence-corrected chi connectivity index (χ2v) is 13.0. The smallest absolute Gasteiger partial charge is 0.326 e. The van der Waals surface area contributed by atoms with Crippen LogP contribution < -0.4 is 5.32 Å². The van der Waals surface area contributed by atoms with Crippen LogP contribution in [0.25, 0.3) is 0 Å². The molecule has 1 aliphatic heterocycles. The van der Waals surface area contributed by atoms with Gasteiger partial charge in [-0.25, -0.2) is 4.79 Å². The lowest BCUT2D eigenvalue weighted by Gasteiger charge is -2.30. The Balaban J connectivity index is 1.55. The summed E-state index contributed by atoms with van der Waals surface area (Å²) < 4.78 is 20.3. The minimum atomic E-state index is -3.81. The fraction of sp³-hybridized carbons (Fsp3) is 0.344. The molecule has 0 saturated carbocycles. The van der Waals surface area contributed by atoms with Crippen LogP contribution in [0.4, 0.5) is 0 Å². The fourth-order valence-corrected chi connectivity index (χ4v) is 7.73. The first kappa shape index (κ1) is 30.2. The highest BCUT2D eigenvalue weighted by molar-refractivity contribution is 7.60. The third-order valence-electron chi connectivity index (χ3n) is 7.42. The van der Waals surface area contributed by atoms with E-state index < -0.39 is 43.1 Å². The highest BCUT2D eigenvalue weighted by Crippen LogP contribution is 2.53. The van der Waals surface area contributed by atoms with Crippen molar-refractivity contribution in [3.8, 4) is 0 Å². The van der Waals surface area contributed by atoms with Crippen molar-refractivity contribution in [2.45, 2.75) is 44.4 Å². The standard InChI is InChI=1S/C32H37N2O6P/c1-2-40-41(39,23-30(35)34-22-26(21-28(34)32(37)38)20-25-14-8-4-9-15-25)29(19-18-24-12-6-3-7-13-24)33-31(36)27-16-10-5-11-17-27/h3-17,26,28-29H,2,18-23H2,1H3,(H,33,36)(H,37,38)/t26?,28-,29-,41?/m0/s1. The molecular weight excluding hydrogens is 539 g/mol. The number of rotatable bonds is 13. The Morgan fingerprint density at radius 3 is 2.12 bits per heavy atom. The molecule has 41 heavy (non-hydrogen) atoms. The molecule has 0 bridgehead atoms. The molecule has 0 radical (unpaired) electrons. The van der Waals surface area contributed by atoms with Crippen molar-refractivity contribution in [3.63, 3.8) is 0 Å². The molecule has 9 heteroatoms. The maximum absolute atomic E-state index is 14.5. The van der Waals surface area contributed by atoms with E-state index in [0.29, 0.717) is 24.8 Å². The zero-order valence-corrected chi connectivity index (χ0v) is 24.1. The predicted octanol–water partition coefficient (Wildman–Crippen LogP) is 5.23. The monoisotopic (exact) mass is 576 g/mol. The third kappa shape index (κ3) is 8.15. The Bertz CT molecular complexity index is 1350. The third-order valence-corrected chi connectivity index (χ3v) is 10.2. The number of carboxylic acid groups (broad SMARTS) is 1. The minimum absolute atomic E-state index is 0.0411. The lowest BCUT2D eigenvalue weighted by atomic mass is 9.97. The van der Waals surface area contributed by atoms with Gasteiger partial charge in [-0.1, -0.05) is 78.9 Å². The van der Waals surface area contributed by atoms with Gasteiger partial charge in [-0.05, 0) is 61.8 Å². The minimum Gasteiger partial charge on any atom is -0.480 e. The number of hydrogen-bond acceptors (Lipinski definition) is 5. The summed E-state index contributed by atoms with van der Waals surface area (Å²) in [5, 5.41) is 12.8. The van der Waals surface area contributed by atoms with Gasteiger partial charge in [0.15, 0.2) is 0 Å². The number of nitrogens with one attached hydrogen (secondary N) is 1. The van der Waals surface area contributed by atoms with Crippen LogP contribution in [0.2, 0.25) is 0 Å². The van der Waals surface area contributed by atoms with E-state index in [0.717, 1.165) is 11.1 Å². The van der Waals surface area contributed by atoms with Crippen molar-refractivity contribution in [3.05, 3.63) is 108 Å². The molecule has 1 fully saturated rings. The first-order valence-corrected chi connectivity index (χ1v) is 15.9. The van der Waals surface area contributed by atoms with E-state index >= 15 is 0 Å². The fourth-order valence-electron chi connectivity index (χ4n) is 5.41. The van der Waals surface area contributed by atoms with Crippen LogP contribution in [0.1, 0.15) is 41.3 Å². The number of likely N-dealkylation sites (tertiary alicyclic amines) is 1. The van der Waals surface area contributed by atoms with Gasteiger partial charge in [-0.15, -0.1) is 0 Å². The summed E-state index contributed by atoms with van der Waals surface area (Å²) in [6.07, 6.45) is 1.26. The first-order chi connectivity index (χ1) is 19.8. The Morgan fingerprint density at radius 1 is 0.951 bits per heavy atom. The average molecular weight is 577 g/mol. The summed E-state index contributed by atoms with van der Waals surface area (Å²) in [6, 6.07) is 27.0. The number of nitrogens with zero attached hydrogens (tertiary/aromatic N) is 1. The maximum Gasteiger partial charge on any atom is 0.326 e. The molecule has 2 amide bonds. The highest BCUT2D eigenvalue weighted by atomic mass is 31.2. The van der Waals surface area contributed by atoms with E-state index in [9.17, 15) is 24.1 Å². The molecule has 1 heterocycles. The van der Waals surface area contributed by atoms with Gasteiger partial charge >= 0.3 is 5.97 Å². The van der Waals surface area contributed by atoms with Crippen LogP contribution in [0.15, 0.2) is 91.0 Å². The number of aryl methyl sites for hydroxylation is 1. The number of hydrogen-bond donors (Lipinski definition) is 2. The first-order valence-electron chi connectivity index (χ1n) is 14.0. The van der Waals surface area contributed by atoms with Gasteiger partial charge in [-0.3, -0.25) is 14.2 Å². The molecule has 0 aliphatic carbocycles. The summed E-state index contributed by atoms with van der Waals surface area (Å²) in [6.45, 7) is 2.02. The van der Waals surface area contributed by atoms with E-state index in [4.69, 9.17) is 4.52 Å². The van der Waals surface area contributed by atoms with Crippen LogP contribution in [-0.4, -0.2) is 58.9 Å². The zero-order valence-electron chi connectivity index (χ0n) is 23.2. The molecule has 8 nitrogen and oxygen atoms in total. The Hall–Kier alpha value is -3.74.